The molecule has 2 heteroatoms. The lowest BCUT2D eigenvalue weighted by molar-refractivity contribution is 0.876. The minimum Gasteiger partial charge on any atom is -0.256 e. The molecular weight excluding hydrogens is 400 g/mol. The third-order valence-electron chi connectivity index (χ3n) is 6.82. The Morgan fingerprint density at radius 3 is 2.36 bits per heavy atom. The van der Waals surface area contributed by atoms with Gasteiger partial charge >= 0.3 is 0 Å². The van der Waals surface area contributed by atoms with Gasteiger partial charge in [0.2, 0.25) is 0 Å². The maximum atomic E-state index is 4.94. The fourth-order valence-corrected chi connectivity index (χ4v) is 5.16. The number of aryl methyl sites for hydroxylation is 1. The summed E-state index contributed by atoms with van der Waals surface area (Å²) in [6.45, 7) is 4.54. The van der Waals surface area contributed by atoms with Crippen molar-refractivity contribution < 1.29 is 0 Å². The molecule has 0 amide bonds. The van der Waals surface area contributed by atoms with Gasteiger partial charge in [0, 0.05) is 29.1 Å². The van der Waals surface area contributed by atoms with E-state index in [4.69, 9.17) is 9.97 Å². The fraction of sp³-hybridized carbons (Fsp3) is 0.161. The van der Waals surface area contributed by atoms with E-state index in [1.165, 1.54) is 49.7 Å². The summed E-state index contributed by atoms with van der Waals surface area (Å²) in [4.78, 5) is 9.82. The van der Waals surface area contributed by atoms with Gasteiger partial charge in [-0.25, -0.2) is 0 Å². The maximum Gasteiger partial charge on any atom is 0.0741 e. The lowest BCUT2D eigenvalue weighted by Crippen LogP contribution is -2.09. The summed E-state index contributed by atoms with van der Waals surface area (Å²) >= 11 is 0. The van der Waals surface area contributed by atoms with Crippen LogP contribution in [0, 0.1) is 0 Å². The van der Waals surface area contributed by atoms with Crippen LogP contribution in [0.5, 0.6) is 0 Å². The maximum absolute atomic E-state index is 4.94. The first-order chi connectivity index (χ1) is 16.2. The highest BCUT2D eigenvalue weighted by Crippen LogP contribution is 2.39. The second kappa shape index (κ2) is 7.97. The molecule has 3 aromatic carbocycles. The van der Waals surface area contributed by atoms with Gasteiger partial charge in [0.25, 0.3) is 0 Å². The minimum atomic E-state index is 0.452. The molecule has 0 atom stereocenters. The third-order valence-corrected chi connectivity index (χ3v) is 6.82. The van der Waals surface area contributed by atoms with Gasteiger partial charge in [0.1, 0.15) is 0 Å². The normalized spacial score (nSPS) is 12.6. The number of nitrogens with zero attached hydrogens (tertiary/aromatic N) is 2. The summed E-state index contributed by atoms with van der Waals surface area (Å²) in [6.07, 6.45) is 5.92. The number of fused-ring (bicyclic) bond motifs is 4. The summed E-state index contributed by atoms with van der Waals surface area (Å²) in [7, 11) is 0. The predicted octanol–water partition coefficient (Wildman–Crippen LogP) is 7.85. The van der Waals surface area contributed by atoms with E-state index in [-0.39, 0.29) is 0 Å². The van der Waals surface area contributed by atoms with Crippen molar-refractivity contribution in [2.45, 2.75) is 32.6 Å². The highest BCUT2D eigenvalue weighted by molar-refractivity contribution is 5.91. The molecule has 1 aliphatic rings. The van der Waals surface area contributed by atoms with Crippen LogP contribution in [-0.2, 0) is 12.8 Å². The summed E-state index contributed by atoms with van der Waals surface area (Å²) in [5.74, 6) is 0.452. The average molecular weight is 427 g/mol. The molecule has 0 fully saturated rings. The van der Waals surface area contributed by atoms with E-state index in [0.717, 1.165) is 24.2 Å². The SMILES string of the molecule is CC(C)c1cc(-c2nccc3c2CCc2cc(-c4ccccc4)cnc2-3)cc2ccccc12. The monoisotopic (exact) mass is 426 g/mol. The Balaban J connectivity index is 1.49. The first kappa shape index (κ1) is 19.9. The van der Waals surface area contributed by atoms with Gasteiger partial charge < -0.3 is 0 Å². The van der Waals surface area contributed by atoms with Crippen LogP contribution in [0.25, 0.3) is 44.4 Å². The summed E-state index contributed by atoms with van der Waals surface area (Å²) in [5, 5.41) is 2.61. The smallest absolute Gasteiger partial charge is 0.0741 e. The van der Waals surface area contributed by atoms with Crippen molar-refractivity contribution in [2.24, 2.45) is 0 Å². The van der Waals surface area contributed by atoms with Crippen molar-refractivity contribution >= 4 is 10.8 Å². The molecule has 2 aromatic heterocycles. The number of benzene rings is 3. The fourth-order valence-electron chi connectivity index (χ4n) is 5.16. The highest BCUT2D eigenvalue weighted by atomic mass is 14.7. The Kier molecular flexibility index (Phi) is 4.80. The molecule has 2 nitrogen and oxygen atoms in total. The van der Waals surface area contributed by atoms with E-state index in [1.54, 1.807) is 0 Å². The van der Waals surface area contributed by atoms with Crippen LogP contribution in [0.4, 0.5) is 0 Å². The molecule has 1 aliphatic carbocycles. The lowest BCUT2D eigenvalue weighted by Gasteiger charge is -2.22. The van der Waals surface area contributed by atoms with Crippen LogP contribution in [0.1, 0.15) is 36.5 Å². The largest absolute Gasteiger partial charge is 0.256 e. The van der Waals surface area contributed by atoms with E-state index in [0.29, 0.717) is 5.92 Å². The van der Waals surface area contributed by atoms with Crippen molar-refractivity contribution in [1.82, 2.24) is 9.97 Å². The second-order valence-corrected chi connectivity index (χ2v) is 9.22. The number of hydrogen-bond donors (Lipinski definition) is 0. The Labute approximate surface area is 195 Å². The number of aromatic nitrogens is 2. The minimum absolute atomic E-state index is 0.452. The van der Waals surface area contributed by atoms with Crippen molar-refractivity contribution in [2.75, 3.05) is 0 Å². The molecule has 33 heavy (non-hydrogen) atoms. The zero-order valence-corrected chi connectivity index (χ0v) is 19.0. The van der Waals surface area contributed by atoms with E-state index >= 15 is 0 Å². The molecule has 0 N–H and O–H groups in total. The quantitative estimate of drug-likeness (QED) is 0.293. The molecular formula is C31H26N2. The molecule has 0 saturated carbocycles. The van der Waals surface area contributed by atoms with Crippen LogP contribution in [0.15, 0.2) is 91.3 Å². The summed E-state index contributed by atoms with van der Waals surface area (Å²) in [6, 6.07) is 28.3. The Bertz CT molecular complexity index is 1480. The standard InChI is InChI=1S/C31H26N2/c1-20(2)29-18-24(16-22-10-6-7-11-26(22)29)31-27-13-12-23-17-25(21-8-4-3-5-9-21)19-33-30(23)28(27)14-15-32-31/h3-11,14-20H,12-13H2,1-2H3. The molecule has 160 valence electrons. The Hall–Kier alpha value is -3.78. The Morgan fingerprint density at radius 2 is 1.52 bits per heavy atom. The van der Waals surface area contributed by atoms with Crippen LogP contribution >= 0.6 is 0 Å². The predicted molar refractivity (Wildman–Crippen MR) is 137 cm³/mol. The Morgan fingerprint density at radius 1 is 0.697 bits per heavy atom. The number of pyridine rings is 2. The van der Waals surface area contributed by atoms with Gasteiger partial charge in [-0.3, -0.25) is 9.97 Å². The van der Waals surface area contributed by atoms with Crippen molar-refractivity contribution in [3.63, 3.8) is 0 Å². The first-order valence-corrected chi connectivity index (χ1v) is 11.7. The van der Waals surface area contributed by atoms with Gasteiger partial charge in [0.05, 0.1) is 11.4 Å². The van der Waals surface area contributed by atoms with Gasteiger partial charge in [-0.05, 0) is 76.1 Å². The van der Waals surface area contributed by atoms with E-state index in [1.807, 2.05) is 12.4 Å². The summed E-state index contributed by atoms with van der Waals surface area (Å²) < 4.78 is 0. The van der Waals surface area contributed by atoms with Crippen molar-refractivity contribution in [3.05, 3.63) is 108 Å². The zero-order chi connectivity index (χ0) is 22.4. The second-order valence-electron chi connectivity index (χ2n) is 9.22. The van der Waals surface area contributed by atoms with Crippen LogP contribution < -0.4 is 0 Å². The van der Waals surface area contributed by atoms with Gasteiger partial charge in [0.15, 0.2) is 0 Å². The van der Waals surface area contributed by atoms with Gasteiger partial charge in [-0.15, -0.1) is 0 Å². The molecule has 0 spiro atoms. The van der Waals surface area contributed by atoms with Crippen LogP contribution in [0.3, 0.4) is 0 Å². The van der Waals surface area contributed by atoms with Crippen LogP contribution in [0.2, 0.25) is 0 Å². The molecule has 0 saturated heterocycles. The third kappa shape index (κ3) is 3.43. The molecule has 2 heterocycles. The van der Waals surface area contributed by atoms with Gasteiger partial charge in [-0.1, -0.05) is 68.4 Å². The highest BCUT2D eigenvalue weighted by Gasteiger charge is 2.22. The van der Waals surface area contributed by atoms with E-state index in [9.17, 15) is 0 Å². The molecule has 0 unspecified atom stereocenters. The molecule has 5 aromatic rings. The van der Waals surface area contributed by atoms with Crippen molar-refractivity contribution in [3.8, 4) is 33.6 Å². The molecule has 6 rings (SSSR count). The van der Waals surface area contributed by atoms with E-state index in [2.05, 4.69) is 92.7 Å². The average Bonchev–Trinajstić information content (AvgIpc) is 2.87. The van der Waals surface area contributed by atoms with Crippen molar-refractivity contribution in [1.29, 1.82) is 0 Å². The zero-order valence-electron chi connectivity index (χ0n) is 19.0. The molecule has 0 aliphatic heterocycles. The molecule has 0 bridgehead atoms. The number of hydrogen-bond acceptors (Lipinski definition) is 2. The van der Waals surface area contributed by atoms with Crippen LogP contribution in [-0.4, -0.2) is 9.97 Å². The van der Waals surface area contributed by atoms with Gasteiger partial charge in [-0.2, -0.15) is 0 Å². The lowest BCUT2D eigenvalue weighted by atomic mass is 9.85. The number of rotatable bonds is 3. The van der Waals surface area contributed by atoms with E-state index < -0.39 is 0 Å². The molecule has 0 radical (unpaired) electrons. The first-order valence-electron chi connectivity index (χ1n) is 11.7. The summed E-state index contributed by atoms with van der Waals surface area (Å²) in [5.41, 5.74) is 11.0. The topological polar surface area (TPSA) is 25.8 Å².